The number of hydrogen-bond acceptors (Lipinski definition) is 7. The number of aromatic nitrogens is 3. The molecule has 0 saturated heterocycles. The van der Waals surface area contributed by atoms with E-state index in [1.54, 1.807) is 6.92 Å². The molecular formula is C26H29N5O4. The molecule has 1 aliphatic rings. The van der Waals surface area contributed by atoms with E-state index in [0.717, 1.165) is 40.7 Å². The lowest BCUT2D eigenvalue weighted by atomic mass is 9.92. The average Bonchev–Trinajstić information content (AvgIpc) is 3.32. The number of anilines is 2. The Hall–Kier alpha value is -4.01. The summed E-state index contributed by atoms with van der Waals surface area (Å²) in [6.45, 7) is 5.57. The van der Waals surface area contributed by atoms with E-state index in [-0.39, 0.29) is 12.7 Å². The van der Waals surface area contributed by atoms with E-state index in [9.17, 15) is 4.79 Å². The van der Waals surface area contributed by atoms with Gasteiger partial charge >= 0.3 is 6.09 Å². The molecule has 0 atom stereocenters. The highest BCUT2D eigenvalue weighted by atomic mass is 16.6. The summed E-state index contributed by atoms with van der Waals surface area (Å²) in [6, 6.07) is 14.0. The molecule has 2 heterocycles. The van der Waals surface area contributed by atoms with E-state index >= 15 is 0 Å². The van der Waals surface area contributed by atoms with Crippen LogP contribution in [0.3, 0.4) is 0 Å². The molecule has 0 spiro atoms. The standard InChI is InChI=1S/C26H29N5O4/c1-15(2)34-26(32)28-18-9-7-17(8-10-18)25-24(27)21-12-11-20(33-14-23-30-29-16(3)35-23)13-22(21)31(25)19-5-4-6-19/h7-13,15,19H,4-6,14,27H2,1-3H3,(H,28,32). The summed E-state index contributed by atoms with van der Waals surface area (Å²) in [7, 11) is 0. The van der Waals surface area contributed by atoms with Crippen LogP contribution in [0.25, 0.3) is 22.2 Å². The van der Waals surface area contributed by atoms with Gasteiger partial charge in [0, 0.05) is 35.7 Å². The van der Waals surface area contributed by atoms with Crippen molar-refractivity contribution in [2.45, 2.75) is 58.8 Å². The molecule has 0 unspecified atom stereocenters. The van der Waals surface area contributed by atoms with Crippen LogP contribution in [0.15, 0.2) is 46.9 Å². The van der Waals surface area contributed by atoms with Gasteiger partial charge in [-0.25, -0.2) is 4.79 Å². The minimum Gasteiger partial charge on any atom is -0.484 e. The lowest BCUT2D eigenvalue weighted by Gasteiger charge is -2.30. The average molecular weight is 476 g/mol. The number of rotatable bonds is 7. The van der Waals surface area contributed by atoms with Crippen molar-refractivity contribution < 1.29 is 18.7 Å². The Morgan fingerprint density at radius 3 is 2.60 bits per heavy atom. The SMILES string of the molecule is Cc1nnc(COc2ccc3c(N)c(-c4ccc(NC(=O)OC(C)C)cc4)n(C4CCC4)c3c2)o1. The van der Waals surface area contributed by atoms with Crippen LogP contribution in [0.2, 0.25) is 0 Å². The number of carbonyl (C=O) groups is 1. The molecular weight excluding hydrogens is 446 g/mol. The first-order valence-electron chi connectivity index (χ1n) is 11.8. The molecule has 3 N–H and O–H groups in total. The number of aryl methyl sites for hydroxylation is 1. The molecule has 0 radical (unpaired) electrons. The normalized spacial score (nSPS) is 13.7. The van der Waals surface area contributed by atoms with Crippen molar-refractivity contribution in [3.8, 4) is 17.0 Å². The minimum absolute atomic E-state index is 0.183. The van der Waals surface area contributed by atoms with Crippen molar-refractivity contribution >= 4 is 28.4 Å². The van der Waals surface area contributed by atoms with Crippen molar-refractivity contribution in [2.24, 2.45) is 0 Å². The number of fused-ring (bicyclic) bond motifs is 1. The van der Waals surface area contributed by atoms with Gasteiger partial charge in [0.2, 0.25) is 5.89 Å². The first kappa shape index (κ1) is 22.8. The van der Waals surface area contributed by atoms with E-state index in [0.29, 0.717) is 29.3 Å². The Balaban J connectivity index is 1.46. The number of nitrogens with one attached hydrogen (secondary N) is 1. The zero-order chi connectivity index (χ0) is 24.5. The fraction of sp³-hybridized carbons (Fsp3) is 0.346. The molecule has 0 aliphatic heterocycles. The highest BCUT2D eigenvalue weighted by molar-refractivity contribution is 6.01. The van der Waals surface area contributed by atoms with Crippen LogP contribution >= 0.6 is 0 Å². The molecule has 0 bridgehead atoms. The molecule has 5 rings (SSSR count). The Morgan fingerprint density at radius 1 is 1.20 bits per heavy atom. The van der Waals surface area contributed by atoms with Crippen LogP contribution in [0.4, 0.5) is 16.2 Å². The number of nitrogens with zero attached hydrogens (tertiary/aromatic N) is 3. The van der Waals surface area contributed by atoms with Crippen molar-refractivity contribution in [2.75, 3.05) is 11.1 Å². The topological polar surface area (TPSA) is 117 Å². The minimum atomic E-state index is -0.473. The Kier molecular flexibility index (Phi) is 6.07. The first-order valence-corrected chi connectivity index (χ1v) is 11.8. The smallest absolute Gasteiger partial charge is 0.411 e. The molecule has 2 aromatic carbocycles. The monoisotopic (exact) mass is 475 g/mol. The largest absolute Gasteiger partial charge is 0.484 e. The maximum Gasteiger partial charge on any atom is 0.411 e. The van der Waals surface area contributed by atoms with Crippen LogP contribution in [0.1, 0.15) is 50.9 Å². The molecule has 182 valence electrons. The van der Waals surface area contributed by atoms with Gasteiger partial charge in [-0.1, -0.05) is 12.1 Å². The van der Waals surface area contributed by atoms with E-state index in [2.05, 4.69) is 20.1 Å². The van der Waals surface area contributed by atoms with Gasteiger partial charge < -0.3 is 24.2 Å². The van der Waals surface area contributed by atoms with E-state index in [1.165, 1.54) is 6.42 Å². The maximum absolute atomic E-state index is 11.9. The van der Waals surface area contributed by atoms with Gasteiger partial charge in [-0.3, -0.25) is 5.32 Å². The fourth-order valence-corrected chi connectivity index (χ4v) is 4.34. The molecule has 4 aromatic rings. The van der Waals surface area contributed by atoms with Gasteiger partial charge in [-0.2, -0.15) is 0 Å². The van der Waals surface area contributed by atoms with Crippen molar-refractivity contribution in [3.63, 3.8) is 0 Å². The lowest BCUT2D eigenvalue weighted by molar-refractivity contribution is 0.130. The number of ether oxygens (including phenoxy) is 2. The van der Waals surface area contributed by atoms with Gasteiger partial charge in [0.05, 0.1) is 23.0 Å². The van der Waals surface area contributed by atoms with E-state index < -0.39 is 6.09 Å². The van der Waals surface area contributed by atoms with Gasteiger partial charge in [0.1, 0.15) is 5.75 Å². The van der Waals surface area contributed by atoms with Crippen LogP contribution in [-0.4, -0.2) is 27.0 Å². The van der Waals surface area contributed by atoms with E-state index in [1.807, 2.05) is 56.3 Å². The van der Waals surface area contributed by atoms with E-state index in [4.69, 9.17) is 19.6 Å². The second-order valence-corrected chi connectivity index (χ2v) is 9.06. The van der Waals surface area contributed by atoms with Gasteiger partial charge in [-0.15, -0.1) is 10.2 Å². The highest BCUT2D eigenvalue weighted by Gasteiger charge is 2.27. The summed E-state index contributed by atoms with van der Waals surface area (Å²) in [5, 5.41) is 11.6. The number of hydrogen-bond donors (Lipinski definition) is 2. The molecule has 9 heteroatoms. The van der Waals surface area contributed by atoms with Crippen LogP contribution in [0.5, 0.6) is 5.75 Å². The Labute approximate surface area is 203 Å². The quantitative estimate of drug-likeness (QED) is 0.345. The second kappa shape index (κ2) is 9.32. The summed E-state index contributed by atoms with van der Waals surface area (Å²) in [5.41, 5.74) is 11.1. The van der Waals surface area contributed by atoms with Crippen molar-refractivity contribution in [3.05, 3.63) is 54.2 Å². The van der Waals surface area contributed by atoms with Gasteiger partial charge in [0.25, 0.3) is 5.89 Å². The predicted molar refractivity (Wildman–Crippen MR) is 133 cm³/mol. The molecule has 35 heavy (non-hydrogen) atoms. The van der Waals surface area contributed by atoms with Crippen molar-refractivity contribution in [1.82, 2.24) is 14.8 Å². The number of amides is 1. The molecule has 9 nitrogen and oxygen atoms in total. The third-order valence-corrected chi connectivity index (χ3v) is 6.13. The number of benzene rings is 2. The van der Waals surface area contributed by atoms with Gasteiger partial charge in [-0.05, 0) is 57.4 Å². The summed E-state index contributed by atoms with van der Waals surface area (Å²) >= 11 is 0. The number of carbonyl (C=O) groups excluding carboxylic acids is 1. The fourth-order valence-electron chi connectivity index (χ4n) is 4.34. The molecule has 1 fully saturated rings. The Bertz CT molecular complexity index is 1350. The van der Waals surface area contributed by atoms with Gasteiger partial charge in [0.15, 0.2) is 6.61 Å². The third-order valence-electron chi connectivity index (χ3n) is 6.13. The molecule has 1 aliphatic carbocycles. The highest BCUT2D eigenvalue weighted by Crippen LogP contribution is 2.45. The zero-order valence-electron chi connectivity index (χ0n) is 20.1. The van der Waals surface area contributed by atoms with Crippen molar-refractivity contribution in [1.29, 1.82) is 0 Å². The van der Waals surface area contributed by atoms with Crippen LogP contribution < -0.4 is 15.8 Å². The lowest BCUT2D eigenvalue weighted by Crippen LogP contribution is -2.18. The summed E-state index contributed by atoms with van der Waals surface area (Å²) < 4.78 is 18.8. The predicted octanol–water partition coefficient (Wildman–Crippen LogP) is 5.84. The summed E-state index contributed by atoms with van der Waals surface area (Å²) in [5.74, 6) is 1.65. The first-order chi connectivity index (χ1) is 16.9. The Morgan fingerprint density at radius 2 is 1.97 bits per heavy atom. The van der Waals surface area contributed by atoms with Crippen LogP contribution in [-0.2, 0) is 11.3 Å². The summed E-state index contributed by atoms with van der Waals surface area (Å²) in [4.78, 5) is 11.9. The maximum atomic E-state index is 11.9. The molecule has 1 amide bonds. The zero-order valence-corrected chi connectivity index (χ0v) is 20.1. The third kappa shape index (κ3) is 4.66. The molecule has 1 saturated carbocycles. The van der Waals surface area contributed by atoms with Crippen LogP contribution in [0, 0.1) is 6.92 Å². The molecule has 2 aromatic heterocycles. The number of nitrogen functional groups attached to an aromatic ring is 1. The second-order valence-electron chi connectivity index (χ2n) is 9.06. The number of nitrogens with two attached hydrogens (primary N) is 1. The summed E-state index contributed by atoms with van der Waals surface area (Å²) in [6.07, 6.45) is 2.74.